The lowest BCUT2D eigenvalue weighted by Crippen LogP contribution is -2.42. The summed E-state index contributed by atoms with van der Waals surface area (Å²) in [5.41, 5.74) is 1.50. The fourth-order valence-electron chi connectivity index (χ4n) is 3.68. The molecule has 0 radical (unpaired) electrons. The topological polar surface area (TPSA) is 126 Å². The molecule has 1 fully saturated rings. The van der Waals surface area contributed by atoms with Gasteiger partial charge in [0.15, 0.2) is 5.03 Å². The van der Waals surface area contributed by atoms with Gasteiger partial charge in [-0.25, -0.2) is 28.4 Å². The zero-order valence-corrected chi connectivity index (χ0v) is 19.0. The minimum absolute atomic E-state index is 0.0248. The van der Waals surface area contributed by atoms with E-state index in [1.54, 1.807) is 12.1 Å². The predicted molar refractivity (Wildman–Crippen MR) is 117 cm³/mol. The third-order valence-electron chi connectivity index (χ3n) is 5.36. The van der Waals surface area contributed by atoms with Crippen molar-refractivity contribution in [1.82, 2.24) is 24.3 Å². The van der Waals surface area contributed by atoms with Crippen molar-refractivity contribution in [3.05, 3.63) is 41.2 Å². The maximum atomic E-state index is 13.2. The second kappa shape index (κ2) is 9.45. The number of nitrogens with zero attached hydrogens (tertiary/aromatic N) is 5. The van der Waals surface area contributed by atoms with Gasteiger partial charge in [-0.15, -0.1) is 11.3 Å². The first kappa shape index (κ1) is 22.5. The molecule has 0 unspecified atom stereocenters. The van der Waals surface area contributed by atoms with Crippen LogP contribution >= 0.6 is 11.3 Å². The number of hydroxylamine groups is 2. The molecule has 1 amide bonds. The number of aromatic nitrogens is 3. The van der Waals surface area contributed by atoms with Crippen molar-refractivity contribution in [2.45, 2.75) is 37.3 Å². The molecule has 10 nitrogen and oxygen atoms in total. The number of rotatable bonds is 8. The molecule has 0 bridgehead atoms. The molecule has 3 aromatic rings. The molecule has 0 atom stereocenters. The van der Waals surface area contributed by atoms with Gasteiger partial charge in [0, 0.05) is 19.3 Å². The first-order valence-corrected chi connectivity index (χ1v) is 12.4. The number of thiophene rings is 1. The van der Waals surface area contributed by atoms with Gasteiger partial charge in [-0.1, -0.05) is 6.07 Å². The van der Waals surface area contributed by atoms with E-state index < -0.39 is 10.0 Å². The molecule has 170 valence electrons. The van der Waals surface area contributed by atoms with E-state index in [0.29, 0.717) is 42.4 Å². The minimum atomic E-state index is -3.82. The smallest absolute Gasteiger partial charge is 0.260 e. The molecule has 3 aromatic heterocycles. The lowest BCUT2D eigenvalue weighted by atomic mass is 10.1. The zero-order valence-electron chi connectivity index (χ0n) is 17.4. The van der Waals surface area contributed by atoms with Crippen LogP contribution in [-0.2, 0) is 21.2 Å². The zero-order chi connectivity index (χ0) is 22.7. The predicted octanol–water partition coefficient (Wildman–Crippen LogP) is 2.02. The molecule has 1 N–H and O–H groups in total. The van der Waals surface area contributed by atoms with Gasteiger partial charge in [-0.05, 0) is 48.8 Å². The molecule has 1 aliphatic heterocycles. The molecule has 0 aliphatic carbocycles. The summed E-state index contributed by atoms with van der Waals surface area (Å²) in [6.45, 7) is 2.55. The van der Waals surface area contributed by atoms with Gasteiger partial charge in [0.05, 0.1) is 11.9 Å². The second-order valence-corrected chi connectivity index (χ2v) is 10.2. The Bertz CT molecular complexity index is 1210. The van der Waals surface area contributed by atoms with Gasteiger partial charge in [0.2, 0.25) is 12.3 Å². The van der Waals surface area contributed by atoms with Crippen molar-refractivity contribution in [1.29, 1.82) is 0 Å². The molecule has 1 aliphatic rings. The van der Waals surface area contributed by atoms with Crippen molar-refractivity contribution in [3.8, 4) is 5.88 Å². The molecule has 0 aromatic carbocycles. The number of ether oxygens (including phenoxy) is 1. The van der Waals surface area contributed by atoms with Crippen LogP contribution in [0.5, 0.6) is 5.88 Å². The van der Waals surface area contributed by atoms with E-state index in [1.165, 1.54) is 28.2 Å². The Morgan fingerprint density at radius 1 is 1.31 bits per heavy atom. The van der Waals surface area contributed by atoms with E-state index in [4.69, 9.17) is 4.74 Å². The van der Waals surface area contributed by atoms with Crippen molar-refractivity contribution in [2.75, 3.05) is 19.6 Å². The lowest BCUT2D eigenvalue weighted by molar-refractivity contribution is -0.149. The summed E-state index contributed by atoms with van der Waals surface area (Å²) in [4.78, 5) is 24.1. The Morgan fingerprint density at radius 2 is 2.09 bits per heavy atom. The van der Waals surface area contributed by atoms with Crippen LogP contribution in [0.25, 0.3) is 10.2 Å². The molecule has 4 heterocycles. The Labute approximate surface area is 189 Å². The number of fused-ring (bicyclic) bond motifs is 1. The van der Waals surface area contributed by atoms with Gasteiger partial charge < -0.3 is 4.74 Å². The summed E-state index contributed by atoms with van der Waals surface area (Å²) in [6, 6.07) is 3.27. The summed E-state index contributed by atoms with van der Waals surface area (Å²) < 4.78 is 34.0. The molecule has 12 heteroatoms. The number of carbonyl (C=O) groups is 1. The van der Waals surface area contributed by atoms with Gasteiger partial charge in [0.25, 0.3) is 10.0 Å². The third-order valence-corrected chi connectivity index (χ3v) is 8.27. The minimum Gasteiger partial charge on any atom is -0.474 e. The quantitative estimate of drug-likeness (QED) is 0.297. The van der Waals surface area contributed by atoms with Crippen LogP contribution in [0.2, 0.25) is 0 Å². The second-order valence-electron chi connectivity index (χ2n) is 7.49. The van der Waals surface area contributed by atoms with Gasteiger partial charge in [-0.3, -0.25) is 10.0 Å². The summed E-state index contributed by atoms with van der Waals surface area (Å²) >= 11 is 1.54. The van der Waals surface area contributed by atoms with Crippen LogP contribution in [0.15, 0.2) is 35.1 Å². The fraction of sp³-hybridized carbons (Fsp3) is 0.400. The number of piperidine rings is 1. The van der Waals surface area contributed by atoms with E-state index in [0.717, 1.165) is 15.8 Å². The highest BCUT2D eigenvalue weighted by molar-refractivity contribution is 7.89. The summed E-state index contributed by atoms with van der Waals surface area (Å²) in [6.07, 6.45) is 4.23. The van der Waals surface area contributed by atoms with E-state index in [2.05, 4.69) is 15.0 Å². The molecule has 1 saturated heterocycles. The first-order chi connectivity index (χ1) is 15.4. The molecular weight excluding hydrogens is 454 g/mol. The highest BCUT2D eigenvalue weighted by Gasteiger charge is 2.33. The number of pyridine rings is 1. The normalized spacial score (nSPS) is 15.7. The van der Waals surface area contributed by atoms with Gasteiger partial charge >= 0.3 is 0 Å². The Hall–Kier alpha value is -2.67. The number of aryl methyl sites for hydroxylation is 1. The van der Waals surface area contributed by atoms with E-state index >= 15 is 0 Å². The van der Waals surface area contributed by atoms with Crippen molar-refractivity contribution in [2.24, 2.45) is 0 Å². The lowest BCUT2D eigenvalue weighted by Gasteiger charge is -2.31. The molecule has 32 heavy (non-hydrogen) atoms. The maximum Gasteiger partial charge on any atom is 0.260 e. The number of carbonyl (C=O) groups excluding carboxylic acids is 1. The van der Waals surface area contributed by atoms with Crippen molar-refractivity contribution >= 4 is 38.0 Å². The monoisotopic (exact) mass is 477 g/mol. The van der Waals surface area contributed by atoms with E-state index in [9.17, 15) is 18.4 Å². The number of hydrogen-bond donors (Lipinski definition) is 1. The number of amides is 1. The number of sulfonamides is 1. The molecule has 0 spiro atoms. The van der Waals surface area contributed by atoms with Crippen LogP contribution in [0.1, 0.15) is 24.0 Å². The van der Waals surface area contributed by atoms with Gasteiger partial charge in [0.1, 0.15) is 17.3 Å². The van der Waals surface area contributed by atoms with Crippen LogP contribution in [0.3, 0.4) is 0 Å². The Kier molecular flexibility index (Phi) is 6.65. The highest BCUT2D eigenvalue weighted by atomic mass is 32.2. The Balaban J connectivity index is 1.45. The average Bonchev–Trinajstić information content (AvgIpc) is 3.19. The first-order valence-electron chi connectivity index (χ1n) is 10.1. The van der Waals surface area contributed by atoms with Crippen molar-refractivity contribution in [3.63, 3.8) is 0 Å². The summed E-state index contributed by atoms with van der Waals surface area (Å²) in [7, 11) is -3.82. The van der Waals surface area contributed by atoms with E-state index in [1.807, 2.05) is 12.3 Å². The Morgan fingerprint density at radius 3 is 2.84 bits per heavy atom. The van der Waals surface area contributed by atoms with Crippen LogP contribution < -0.4 is 4.74 Å². The molecule has 0 saturated carbocycles. The fourth-order valence-corrected chi connectivity index (χ4v) is 6.19. The summed E-state index contributed by atoms with van der Waals surface area (Å²) in [5.74, 6) is 0.533. The van der Waals surface area contributed by atoms with Gasteiger partial charge in [-0.2, -0.15) is 4.31 Å². The standard InChI is InChI=1S/C20H23N5O5S2/c1-14-11-31-19-17(14)18(22-12-23-19)30-16-5-9-25(10-6-16)32(28,29)20-15(3-2-7-21-20)4-8-24(27)13-26/h2-3,7,11-13,16,27H,4-6,8-10H2,1H3. The maximum absolute atomic E-state index is 13.2. The van der Waals surface area contributed by atoms with Crippen LogP contribution in [0, 0.1) is 6.92 Å². The summed E-state index contributed by atoms with van der Waals surface area (Å²) in [5, 5.41) is 12.7. The SMILES string of the molecule is Cc1csc2ncnc(OC3CCN(S(=O)(=O)c4ncccc4CCN(O)C=O)CC3)c12. The molecular formula is C20H23N5O5S2. The van der Waals surface area contributed by atoms with Crippen LogP contribution in [-0.4, -0.2) is 70.1 Å². The third kappa shape index (κ3) is 4.58. The largest absolute Gasteiger partial charge is 0.474 e. The highest BCUT2D eigenvalue weighted by Crippen LogP contribution is 2.32. The van der Waals surface area contributed by atoms with E-state index in [-0.39, 0.29) is 30.5 Å². The van der Waals surface area contributed by atoms with Crippen molar-refractivity contribution < 1.29 is 23.2 Å². The van der Waals surface area contributed by atoms with Crippen LogP contribution in [0.4, 0.5) is 0 Å². The molecule has 4 rings (SSSR count). The average molecular weight is 478 g/mol. The number of hydrogen-bond acceptors (Lipinski definition) is 9.